The van der Waals surface area contributed by atoms with E-state index < -0.39 is 110 Å². The maximum atomic E-state index is 16.0. The molecule has 3 aromatic heterocycles. The van der Waals surface area contributed by atoms with E-state index in [2.05, 4.69) is 40.5 Å². The maximum absolute atomic E-state index is 16.0. The molecule has 33 nitrogen and oxygen atoms in total. The number of allylic oxidation sites excluding steroid dienone is 6. The van der Waals surface area contributed by atoms with Crippen LogP contribution in [0.3, 0.4) is 0 Å². The lowest BCUT2D eigenvalue weighted by Crippen LogP contribution is -2.58. The molecule has 2 bridgehead atoms. The Kier molecular flexibility index (Phi) is 35.8. The van der Waals surface area contributed by atoms with E-state index in [4.69, 9.17) is 38.9 Å². The van der Waals surface area contributed by atoms with E-state index in [0.717, 1.165) is 41.2 Å². The number of hydrogen-bond acceptors (Lipinski definition) is 28. The Balaban J connectivity index is 0.528. The molecule has 6 N–H and O–H groups in total. The highest BCUT2D eigenvalue weighted by molar-refractivity contribution is 7.91. The number of pyridine rings is 1. The van der Waals surface area contributed by atoms with Crippen LogP contribution < -0.4 is 30.9 Å². The number of aliphatic hydroxyl groups excluding tert-OH is 1. The molecule has 4 saturated heterocycles. The predicted molar refractivity (Wildman–Crippen MR) is 487 cm³/mol. The summed E-state index contributed by atoms with van der Waals surface area (Å²) in [5, 5.41) is 28.9. The number of piperidine rings is 1. The van der Waals surface area contributed by atoms with Crippen molar-refractivity contribution in [3.8, 4) is 16.9 Å². The average molecular weight is 1830 g/mol. The van der Waals surface area contributed by atoms with Gasteiger partial charge in [-0.15, -0.1) is 0 Å². The van der Waals surface area contributed by atoms with E-state index in [-0.39, 0.29) is 117 Å². The highest BCUT2D eigenvalue weighted by Gasteiger charge is 2.50. The van der Waals surface area contributed by atoms with Crippen LogP contribution in [-0.2, 0) is 75.3 Å². The van der Waals surface area contributed by atoms with Gasteiger partial charge in [-0.3, -0.25) is 33.7 Å². The van der Waals surface area contributed by atoms with Crippen molar-refractivity contribution in [2.75, 3.05) is 134 Å². The first-order chi connectivity index (χ1) is 62.9. The monoisotopic (exact) mass is 1830 g/mol. The molecule has 1 aliphatic carbocycles. The van der Waals surface area contributed by atoms with Gasteiger partial charge in [0, 0.05) is 171 Å². The van der Waals surface area contributed by atoms with Gasteiger partial charge < -0.3 is 84.2 Å². The van der Waals surface area contributed by atoms with Crippen LogP contribution in [0.2, 0.25) is 0 Å². The van der Waals surface area contributed by atoms with Crippen molar-refractivity contribution >= 4 is 74.8 Å². The van der Waals surface area contributed by atoms with Gasteiger partial charge in [-0.2, -0.15) is 0 Å². The number of nitrogens with two attached hydrogens (primary N) is 1. The van der Waals surface area contributed by atoms with Gasteiger partial charge >= 0.3 is 12.1 Å². The van der Waals surface area contributed by atoms with Gasteiger partial charge in [-0.1, -0.05) is 63.3 Å². The number of methoxy groups -OCH3 is 2. The summed E-state index contributed by atoms with van der Waals surface area (Å²) in [6, 6.07) is 10.5. The molecular formula is C96H129FN14O19S. The Hall–Kier alpha value is -10.5. The number of halogens is 1. The summed E-state index contributed by atoms with van der Waals surface area (Å²) in [5.41, 5.74) is 10.3. The molecule has 7 aliphatic rings. The molecule has 0 unspecified atom stereocenters. The van der Waals surface area contributed by atoms with E-state index in [1.807, 2.05) is 103 Å². The van der Waals surface area contributed by atoms with E-state index in [0.29, 0.717) is 177 Å². The summed E-state index contributed by atoms with van der Waals surface area (Å²) in [6.07, 6.45) is 22.8. The number of amides is 5. The van der Waals surface area contributed by atoms with Crippen molar-refractivity contribution in [2.45, 2.75) is 217 Å². The summed E-state index contributed by atoms with van der Waals surface area (Å²) >= 11 is 0. The molecular weight excluding hydrogens is 1700 g/mol. The zero-order valence-corrected chi connectivity index (χ0v) is 77.4. The number of benzene rings is 2. The third kappa shape index (κ3) is 27.1. The minimum Gasteiger partial charge on any atom is -0.491 e. The summed E-state index contributed by atoms with van der Waals surface area (Å²) in [4.78, 5) is 143. The summed E-state index contributed by atoms with van der Waals surface area (Å²) in [5.74, 6) is -6.44. The van der Waals surface area contributed by atoms with Crippen molar-refractivity contribution in [1.82, 2.24) is 55.2 Å². The number of nitrogens with zero attached hydrogens (tertiary/aromatic N) is 11. The Labute approximate surface area is 766 Å². The Morgan fingerprint density at radius 3 is 2.14 bits per heavy atom. The second kappa shape index (κ2) is 47.2. The first kappa shape index (κ1) is 99.5. The maximum Gasteiger partial charge on any atom is 0.407 e. The zero-order valence-electron chi connectivity index (χ0n) is 76.6. The number of aromatic nitrogens is 5. The highest BCUT2D eigenvalue weighted by atomic mass is 32.2. The van der Waals surface area contributed by atoms with Crippen LogP contribution in [0.4, 0.5) is 26.9 Å². The first-order valence-electron chi connectivity index (χ1n) is 46.1. The van der Waals surface area contributed by atoms with Crippen LogP contribution in [-0.4, -0.2) is 277 Å². The minimum atomic E-state index is -4.26. The van der Waals surface area contributed by atoms with Crippen molar-refractivity contribution in [2.24, 2.45) is 23.7 Å². The third-order valence-electron chi connectivity index (χ3n) is 26.1. The number of nitrogen functional groups attached to an aromatic ring is 1. The van der Waals surface area contributed by atoms with Crippen molar-refractivity contribution in [1.29, 1.82) is 0 Å². The van der Waals surface area contributed by atoms with Crippen molar-refractivity contribution < 1.29 is 94.5 Å². The van der Waals surface area contributed by atoms with Gasteiger partial charge in [-0.05, 0) is 187 Å². The number of aliphatic hydroxyl groups is 2. The van der Waals surface area contributed by atoms with Crippen LogP contribution in [0.1, 0.15) is 181 Å². The van der Waals surface area contributed by atoms with Gasteiger partial charge in [0.05, 0.1) is 49.7 Å². The molecule has 2 aromatic carbocycles. The smallest absolute Gasteiger partial charge is 0.407 e. The first-order valence-corrected chi connectivity index (χ1v) is 47.8. The summed E-state index contributed by atoms with van der Waals surface area (Å²) < 4.78 is 84.9. The number of cyclic esters (lactones) is 1. The lowest BCUT2D eigenvalue weighted by atomic mass is 9.83. The number of rotatable bonds is 23. The molecule has 5 aromatic rings. The standard InChI is InChI=1S/C96H129FN14O19S/c1-62-15-10-9-11-16-64(3)80(124-7)54-76-17-14-34-96(121,130-76)88(115)91(118)111-36-13-12-18-78(111)92(119)128-74(25-19-63(2)52-66(5)86(114)87(125-8)85(113)65(4)51-62)26-20-68-21-27-75(28-22-68)129-95(120)105-57-69-55-101-93(102-56-69)109-43-41-107(42-44-109)83(112)33-47-126-48-45-106-37-39-108(40-38-106)94-103-59-73(60-104-94)89(116)99-35-50-131(122,123)81-31-29-77(67(6)84(81)97)90(117)110-46-49-127-79-30-23-70(53-72(79)61-110)71-24-32-82(98)100-58-71/h9-11,15-16,23-24,29-32,52-53,55-56,58-60,62-63,65,68,74-76,78,80,86-87,114,121H,12-14,17-22,25-28,33-51,54,57,61H2,1-8H3,(H2,98,100)(H,99,116)(H,105,120)/b11-9+,15-10+,64-16+,66-52+/t62-,63+,65-,68-,74+,75-,76+,78+,80+,86-,87+,96-/m1/s1. The van der Waals surface area contributed by atoms with Gasteiger partial charge in [0.1, 0.15) is 59.3 Å². The number of carbonyl (C=O) groups is 8. The van der Waals surface area contributed by atoms with Crippen LogP contribution in [0, 0.1) is 36.4 Å². The number of sulfone groups is 1. The van der Waals surface area contributed by atoms with Gasteiger partial charge in [0.25, 0.3) is 23.5 Å². The second-order valence-electron chi connectivity index (χ2n) is 35.7. The lowest BCUT2D eigenvalue weighted by Gasteiger charge is -2.39. The number of nitrogens with one attached hydrogen (secondary N) is 2. The largest absolute Gasteiger partial charge is 0.491 e. The van der Waals surface area contributed by atoms with Crippen LogP contribution in [0.15, 0.2) is 126 Å². The number of esters is 1. The molecule has 710 valence electrons. The number of carbonyl (C=O) groups excluding carboxylic acids is 8. The van der Waals surface area contributed by atoms with Gasteiger partial charge in [0.2, 0.25) is 23.6 Å². The Morgan fingerprint density at radius 2 is 1.43 bits per heavy atom. The number of anilines is 3. The van der Waals surface area contributed by atoms with Gasteiger partial charge in [0.15, 0.2) is 15.6 Å². The van der Waals surface area contributed by atoms with Crippen molar-refractivity contribution in [3.05, 3.63) is 155 Å². The third-order valence-corrected chi connectivity index (χ3v) is 27.9. The molecule has 1 saturated carbocycles. The number of piperazine rings is 2. The predicted octanol–water partition coefficient (Wildman–Crippen LogP) is 9.61. The fourth-order valence-corrected chi connectivity index (χ4v) is 19.5. The normalized spacial score (nSPS) is 26.6. The van der Waals surface area contributed by atoms with Crippen LogP contribution in [0.5, 0.6) is 5.75 Å². The average Bonchev–Trinajstić information content (AvgIpc) is 1.52. The van der Waals surface area contributed by atoms with E-state index in [9.17, 15) is 57.0 Å². The fourth-order valence-electron chi connectivity index (χ4n) is 18.2. The molecule has 5 fully saturated rings. The molecule has 6 aliphatic heterocycles. The molecule has 0 radical (unpaired) electrons. The lowest BCUT2D eigenvalue weighted by molar-refractivity contribution is -0.245. The van der Waals surface area contributed by atoms with Gasteiger partial charge in [-0.25, -0.2) is 47.3 Å². The Morgan fingerprint density at radius 1 is 0.710 bits per heavy atom. The second-order valence-corrected chi connectivity index (χ2v) is 37.8. The Bertz CT molecular complexity index is 5000. The van der Waals surface area contributed by atoms with E-state index >= 15 is 4.39 Å². The van der Waals surface area contributed by atoms with Crippen molar-refractivity contribution in [3.63, 3.8) is 0 Å². The minimum absolute atomic E-state index is 0.00797. The van der Waals surface area contributed by atoms with E-state index in [1.165, 1.54) is 42.3 Å². The molecule has 9 heterocycles. The quantitative estimate of drug-likeness (QED) is 0.0176. The molecule has 131 heavy (non-hydrogen) atoms. The highest BCUT2D eigenvalue weighted by Crippen LogP contribution is 2.37. The number of alkyl carbamates (subject to hydrolysis) is 1. The molecule has 35 heteroatoms. The SMILES string of the molecule is CO[C@H]1C[C@@H]2CCC[C@@](O)(O2)C(=O)C(=O)N2CCCC[C@H]2C(=O)O[C@H](CC[C@H]2CC[C@H](OC(=O)NCc3cnc(N4CCN(C(=O)CCOCCN5CCN(c6ncc(C(=O)NCCS(=O)(=O)c7ccc(C(=O)N8CCOc9ccc(-c%10ccc(N)nc%10)cc9C8)c(C)c7F)cn6)CC5)CC4)nc3)CC2)CC[C@H](C)/C=C(\C)[C@@H](O)[C@@H](OC)C(=O)[C@H](C)C[C@H](C)/C=C/C=C/C=C/1C. The summed E-state index contributed by atoms with van der Waals surface area (Å²) in [7, 11) is -1.25. The van der Waals surface area contributed by atoms with E-state index in [1.54, 1.807) is 38.7 Å². The molecule has 12 rings (SSSR count). The number of Topliss-reactive ketones (excluding diaryl/α,β-unsaturated/α-hetero) is 2. The zero-order chi connectivity index (χ0) is 93.5. The number of fused-ring (bicyclic) bond motifs is 4. The number of hydrogen-bond donors (Lipinski definition) is 5. The number of ketones is 2. The topological polar surface area (TPSA) is 410 Å². The van der Waals surface area contributed by atoms with Crippen LogP contribution in [0.25, 0.3) is 11.1 Å². The van der Waals surface area contributed by atoms with Crippen LogP contribution >= 0.6 is 0 Å². The summed E-state index contributed by atoms with van der Waals surface area (Å²) in [6.45, 7) is 17.4. The number of ether oxygens (including phenoxy) is 7. The molecule has 5 amide bonds. The molecule has 10 atom stereocenters. The fraction of sp³-hybridized carbons (Fsp3) is 0.573. The molecule has 0 spiro atoms.